The molecule has 0 spiro atoms. The maximum atomic E-state index is 13.2. The van der Waals surface area contributed by atoms with Crippen LogP contribution in [-0.4, -0.2) is 35.4 Å². The molecule has 1 amide bonds. The molecule has 8 nitrogen and oxygen atoms in total. The van der Waals surface area contributed by atoms with Gasteiger partial charge in [-0.3, -0.25) is 9.59 Å². The Hall–Kier alpha value is -3.72. The minimum absolute atomic E-state index is 0.0473. The van der Waals surface area contributed by atoms with E-state index in [1.54, 1.807) is 13.0 Å². The van der Waals surface area contributed by atoms with Crippen LogP contribution in [-0.2, 0) is 4.74 Å². The Morgan fingerprint density at radius 1 is 1.16 bits per heavy atom. The summed E-state index contributed by atoms with van der Waals surface area (Å²) in [5, 5.41) is 6.81. The van der Waals surface area contributed by atoms with Crippen molar-refractivity contribution in [3.05, 3.63) is 81.0 Å². The summed E-state index contributed by atoms with van der Waals surface area (Å²) in [5.74, 6) is -1.79. The van der Waals surface area contributed by atoms with E-state index in [1.807, 2.05) is 0 Å². The lowest BCUT2D eigenvalue weighted by molar-refractivity contribution is 0.0518. The van der Waals surface area contributed by atoms with Crippen molar-refractivity contribution >= 4 is 29.2 Å². The summed E-state index contributed by atoms with van der Waals surface area (Å²) in [6, 6.07) is 10.4. The van der Waals surface area contributed by atoms with Crippen LogP contribution in [0.3, 0.4) is 0 Å². The Kier molecular flexibility index (Phi) is 6.66. The van der Waals surface area contributed by atoms with Gasteiger partial charge in [0.15, 0.2) is 5.69 Å². The molecule has 0 aliphatic rings. The van der Waals surface area contributed by atoms with Crippen molar-refractivity contribution in [1.29, 1.82) is 0 Å². The lowest BCUT2D eigenvalue weighted by Crippen LogP contribution is -2.27. The topological polar surface area (TPSA) is 99.5 Å². The van der Waals surface area contributed by atoms with Gasteiger partial charge in [-0.1, -0.05) is 11.6 Å². The molecule has 1 aromatic heterocycles. The van der Waals surface area contributed by atoms with Crippen LogP contribution in [0.5, 0.6) is 5.75 Å². The quantitative estimate of drug-likeness (QED) is 0.583. The molecule has 0 fully saturated rings. The smallest absolute Gasteiger partial charge is 0.360 e. The molecule has 0 bridgehead atoms. The van der Waals surface area contributed by atoms with Crippen LogP contribution in [0, 0.1) is 5.82 Å². The van der Waals surface area contributed by atoms with E-state index in [2.05, 4.69) is 10.4 Å². The Morgan fingerprint density at radius 3 is 2.52 bits per heavy atom. The number of methoxy groups -OCH3 is 1. The van der Waals surface area contributed by atoms with E-state index < -0.39 is 23.3 Å². The number of amides is 1. The van der Waals surface area contributed by atoms with Crippen LogP contribution in [0.15, 0.2) is 53.3 Å². The fraction of sp³-hybridized carbons (Fsp3) is 0.143. The molecule has 1 N–H and O–H groups in total. The summed E-state index contributed by atoms with van der Waals surface area (Å²) in [6.07, 6.45) is 0. The average molecular weight is 446 g/mol. The summed E-state index contributed by atoms with van der Waals surface area (Å²) in [4.78, 5) is 37.9. The van der Waals surface area contributed by atoms with Gasteiger partial charge in [0, 0.05) is 11.1 Å². The highest BCUT2D eigenvalue weighted by Gasteiger charge is 2.22. The first kappa shape index (κ1) is 22.0. The summed E-state index contributed by atoms with van der Waals surface area (Å²) in [7, 11) is 1.38. The second-order valence-electron chi connectivity index (χ2n) is 6.15. The number of nitrogens with one attached hydrogen (secondary N) is 1. The van der Waals surface area contributed by atoms with Crippen molar-refractivity contribution in [1.82, 2.24) is 9.78 Å². The first-order valence-electron chi connectivity index (χ1n) is 9.06. The third-order valence-electron chi connectivity index (χ3n) is 4.13. The van der Waals surface area contributed by atoms with Crippen molar-refractivity contribution in [2.24, 2.45) is 0 Å². The van der Waals surface area contributed by atoms with Crippen molar-refractivity contribution in [3.63, 3.8) is 0 Å². The molecule has 3 rings (SSSR count). The first-order chi connectivity index (χ1) is 14.8. The van der Waals surface area contributed by atoms with Crippen LogP contribution < -0.4 is 15.6 Å². The van der Waals surface area contributed by atoms with Gasteiger partial charge in [0.2, 0.25) is 0 Å². The van der Waals surface area contributed by atoms with Gasteiger partial charge in [0.05, 0.1) is 30.7 Å². The number of halogens is 2. The number of esters is 1. The standard InChI is InChI=1S/C21H17ClFN3O5/c1-3-31-21(29)19-16(24-20(28)15-10-12(22)4-9-17(15)30-2)11-18(27)26(25-19)14-7-5-13(23)6-8-14/h4-11H,3H2,1-2H3,(H,24,28). The highest BCUT2D eigenvalue weighted by atomic mass is 35.5. The van der Waals surface area contributed by atoms with E-state index in [1.165, 1.54) is 31.4 Å². The van der Waals surface area contributed by atoms with Crippen LogP contribution in [0.1, 0.15) is 27.8 Å². The molecule has 3 aromatic rings. The molecule has 0 unspecified atom stereocenters. The van der Waals surface area contributed by atoms with Gasteiger partial charge in [-0.25, -0.2) is 9.18 Å². The van der Waals surface area contributed by atoms with E-state index in [0.29, 0.717) is 5.02 Å². The Morgan fingerprint density at radius 2 is 1.87 bits per heavy atom. The summed E-state index contributed by atoms with van der Waals surface area (Å²) in [5.41, 5.74) is -0.805. The second-order valence-corrected chi connectivity index (χ2v) is 6.59. The van der Waals surface area contributed by atoms with Crippen molar-refractivity contribution in [2.45, 2.75) is 6.92 Å². The van der Waals surface area contributed by atoms with Crippen LogP contribution in [0.25, 0.3) is 5.69 Å². The number of aromatic nitrogens is 2. The minimum atomic E-state index is -0.855. The largest absolute Gasteiger partial charge is 0.496 e. The monoisotopic (exact) mass is 445 g/mol. The summed E-state index contributed by atoms with van der Waals surface area (Å²) >= 11 is 5.97. The molecule has 160 valence electrons. The number of hydrogen-bond acceptors (Lipinski definition) is 6. The molecule has 2 aromatic carbocycles. The summed E-state index contributed by atoms with van der Waals surface area (Å²) < 4.78 is 24.3. The van der Waals surface area contributed by atoms with Crippen LogP contribution in [0.2, 0.25) is 5.02 Å². The first-order valence-corrected chi connectivity index (χ1v) is 9.44. The van der Waals surface area contributed by atoms with E-state index in [4.69, 9.17) is 21.1 Å². The van der Waals surface area contributed by atoms with Crippen LogP contribution in [0.4, 0.5) is 10.1 Å². The summed E-state index contributed by atoms with van der Waals surface area (Å²) in [6.45, 7) is 1.65. The fourth-order valence-electron chi connectivity index (χ4n) is 2.72. The third kappa shape index (κ3) is 4.89. The predicted octanol–water partition coefficient (Wildman–Crippen LogP) is 3.46. The van der Waals surface area contributed by atoms with Crippen molar-refractivity contribution in [3.8, 4) is 11.4 Å². The van der Waals surface area contributed by atoms with Gasteiger partial charge in [-0.05, 0) is 49.4 Å². The number of nitrogens with zero attached hydrogens (tertiary/aromatic N) is 2. The normalized spacial score (nSPS) is 10.5. The number of carbonyl (C=O) groups is 2. The van der Waals surface area contributed by atoms with Gasteiger partial charge in [0.25, 0.3) is 11.5 Å². The Balaban J connectivity index is 2.07. The maximum Gasteiger partial charge on any atom is 0.360 e. The number of rotatable bonds is 6. The predicted molar refractivity (Wildman–Crippen MR) is 112 cm³/mol. The zero-order valence-corrected chi connectivity index (χ0v) is 17.3. The molecule has 1 heterocycles. The van der Waals surface area contributed by atoms with Gasteiger partial charge >= 0.3 is 5.97 Å². The van der Waals surface area contributed by atoms with Crippen molar-refractivity contribution in [2.75, 3.05) is 19.0 Å². The number of ether oxygens (including phenoxy) is 2. The van der Waals surface area contributed by atoms with Gasteiger partial charge < -0.3 is 14.8 Å². The number of benzene rings is 2. The van der Waals surface area contributed by atoms with E-state index >= 15 is 0 Å². The van der Waals surface area contributed by atoms with Gasteiger partial charge in [-0.15, -0.1) is 0 Å². The maximum absolute atomic E-state index is 13.2. The van der Waals surface area contributed by atoms with Gasteiger partial charge in [-0.2, -0.15) is 9.78 Å². The van der Waals surface area contributed by atoms with E-state index in [-0.39, 0.29) is 35.0 Å². The Bertz CT molecular complexity index is 1190. The average Bonchev–Trinajstić information content (AvgIpc) is 2.74. The molecule has 0 aliphatic heterocycles. The zero-order valence-electron chi connectivity index (χ0n) is 16.5. The minimum Gasteiger partial charge on any atom is -0.496 e. The Labute approximate surface area is 181 Å². The molecule has 0 saturated heterocycles. The van der Waals surface area contributed by atoms with Crippen molar-refractivity contribution < 1.29 is 23.5 Å². The highest BCUT2D eigenvalue weighted by molar-refractivity contribution is 6.31. The molecule has 0 radical (unpaired) electrons. The number of carbonyl (C=O) groups excluding carboxylic acids is 2. The van der Waals surface area contributed by atoms with E-state index in [9.17, 15) is 18.8 Å². The SMILES string of the molecule is CCOC(=O)c1nn(-c2ccc(F)cc2)c(=O)cc1NC(=O)c1cc(Cl)ccc1OC. The molecular weight excluding hydrogens is 429 g/mol. The molecule has 0 saturated carbocycles. The third-order valence-corrected chi connectivity index (χ3v) is 4.36. The lowest BCUT2D eigenvalue weighted by Gasteiger charge is -2.13. The fourth-order valence-corrected chi connectivity index (χ4v) is 2.89. The highest BCUT2D eigenvalue weighted by Crippen LogP contribution is 2.24. The van der Waals surface area contributed by atoms with E-state index in [0.717, 1.165) is 22.9 Å². The lowest BCUT2D eigenvalue weighted by atomic mass is 10.1. The molecule has 31 heavy (non-hydrogen) atoms. The number of anilines is 1. The van der Waals surface area contributed by atoms with Crippen LogP contribution >= 0.6 is 11.6 Å². The molecule has 10 heteroatoms. The second kappa shape index (κ2) is 9.40. The molecular formula is C21H17ClFN3O5. The zero-order chi connectivity index (χ0) is 22.5. The number of hydrogen-bond donors (Lipinski definition) is 1. The van der Waals surface area contributed by atoms with Gasteiger partial charge in [0.1, 0.15) is 11.6 Å². The molecule has 0 atom stereocenters. The molecule has 0 aliphatic carbocycles.